The Kier molecular flexibility index (Phi) is 6.19. The zero-order valence-corrected chi connectivity index (χ0v) is 17.6. The molecule has 1 saturated heterocycles. The maximum Gasteiger partial charge on any atom is 0.227 e. The van der Waals surface area contributed by atoms with Gasteiger partial charge in [0.25, 0.3) is 0 Å². The van der Waals surface area contributed by atoms with Crippen molar-refractivity contribution in [1.82, 2.24) is 24.8 Å². The number of hydrogen-bond donors (Lipinski definition) is 3. The highest BCUT2D eigenvalue weighted by atomic mass is 15.1. The van der Waals surface area contributed by atoms with Crippen LogP contribution in [-0.2, 0) is 0 Å². The Morgan fingerprint density at radius 1 is 1.10 bits per heavy atom. The molecule has 0 bridgehead atoms. The lowest BCUT2D eigenvalue weighted by atomic mass is 10.1. The van der Waals surface area contributed by atoms with Crippen LogP contribution in [0.4, 0.5) is 23.3 Å². The second kappa shape index (κ2) is 9.36. The molecule has 4 rings (SSSR count). The highest BCUT2D eigenvalue weighted by molar-refractivity contribution is 5.66. The molecule has 1 aliphatic heterocycles. The molecule has 3 aromatic heterocycles. The number of nitrogens with one attached hydrogen (secondary N) is 3. The minimum Gasteiger partial charge on any atom is -0.372 e. The second-order valence-corrected chi connectivity index (χ2v) is 7.53. The van der Waals surface area contributed by atoms with E-state index < -0.39 is 0 Å². The third kappa shape index (κ3) is 5.05. The number of hydrogen-bond acceptors (Lipinski definition) is 9. The highest BCUT2D eigenvalue weighted by Crippen LogP contribution is 2.23. The SMILES string of the molecule is CNc1ncc(-c2ccnc(Nc3ccc(NC4CCN(C)CC4)nc3)n2)cc1C#N. The zero-order chi connectivity index (χ0) is 21.6. The van der Waals surface area contributed by atoms with E-state index in [1.165, 1.54) is 0 Å². The molecule has 158 valence electrons. The van der Waals surface area contributed by atoms with Crippen LogP contribution in [0, 0.1) is 11.3 Å². The summed E-state index contributed by atoms with van der Waals surface area (Å²) in [4.78, 5) is 20.0. The molecule has 0 unspecified atom stereocenters. The van der Waals surface area contributed by atoms with Crippen molar-refractivity contribution in [3.63, 3.8) is 0 Å². The zero-order valence-electron chi connectivity index (χ0n) is 17.6. The number of pyridine rings is 2. The molecule has 1 aliphatic rings. The summed E-state index contributed by atoms with van der Waals surface area (Å²) in [5.74, 6) is 1.86. The van der Waals surface area contributed by atoms with Crippen molar-refractivity contribution in [2.24, 2.45) is 0 Å². The largest absolute Gasteiger partial charge is 0.372 e. The van der Waals surface area contributed by atoms with E-state index >= 15 is 0 Å². The molecular weight excluding hydrogens is 390 g/mol. The summed E-state index contributed by atoms with van der Waals surface area (Å²) < 4.78 is 0. The van der Waals surface area contributed by atoms with E-state index in [0.717, 1.165) is 43.0 Å². The first-order valence-corrected chi connectivity index (χ1v) is 10.2. The number of aromatic nitrogens is 4. The van der Waals surface area contributed by atoms with E-state index in [9.17, 15) is 5.26 Å². The average molecular weight is 416 g/mol. The van der Waals surface area contributed by atoms with Crippen molar-refractivity contribution in [3.8, 4) is 17.3 Å². The van der Waals surface area contributed by atoms with Gasteiger partial charge in [-0.15, -0.1) is 0 Å². The molecule has 9 nitrogen and oxygen atoms in total. The van der Waals surface area contributed by atoms with Crippen LogP contribution >= 0.6 is 0 Å². The molecule has 3 N–H and O–H groups in total. The van der Waals surface area contributed by atoms with E-state index in [2.05, 4.69) is 53.9 Å². The fourth-order valence-electron chi connectivity index (χ4n) is 3.51. The summed E-state index contributed by atoms with van der Waals surface area (Å²) >= 11 is 0. The smallest absolute Gasteiger partial charge is 0.227 e. The molecule has 0 spiro atoms. The maximum atomic E-state index is 9.32. The molecule has 0 aliphatic carbocycles. The van der Waals surface area contributed by atoms with Crippen molar-refractivity contribution in [2.45, 2.75) is 18.9 Å². The number of nitrogens with zero attached hydrogens (tertiary/aromatic N) is 6. The first kappa shape index (κ1) is 20.5. The van der Waals surface area contributed by atoms with Gasteiger partial charge in [0.05, 0.1) is 23.1 Å². The van der Waals surface area contributed by atoms with Gasteiger partial charge < -0.3 is 20.9 Å². The van der Waals surface area contributed by atoms with Gasteiger partial charge in [0, 0.05) is 31.0 Å². The van der Waals surface area contributed by atoms with Crippen LogP contribution in [0.2, 0.25) is 0 Å². The van der Waals surface area contributed by atoms with Crippen molar-refractivity contribution in [3.05, 3.63) is 48.4 Å². The van der Waals surface area contributed by atoms with Crippen LogP contribution in [-0.4, -0.2) is 58.1 Å². The molecule has 31 heavy (non-hydrogen) atoms. The Morgan fingerprint density at radius 2 is 1.94 bits per heavy atom. The lowest BCUT2D eigenvalue weighted by molar-refractivity contribution is 0.263. The quantitative estimate of drug-likeness (QED) is 0.558. The van der Waals surface area contributed by atoms with Crippen LogP contribution in [0.15, 0.2) is 42.9 Å². The maximum absolute atomic E-state index is 9.32. The van der Waals surface area contributed by atoms with Crippen LogP contribution < -0.4 is 16.0 Å². The van der Waals surface area contributed by atoms with Gasteiger partial charge in [0.1, 0.15) is 17.7 Å². The fraction of sp³-hybridized carbons (Fsp3) is 0.318. The Bertz CT molecular complexity index is 1070. The summed E-state index contributed by atoms with van der Waals surface area (Å²) in [5, 5.41) is 18.9. The summed E-state index contributed by atoms with van der Waals surface area (Å²) in [6.07, 6.45) is 7.37. The van der Waals surface area contributed by atoms with E-state index in [4.69, 9.17) is 0 Å². The van der Waals surface area contributed by atoms with E-state index in [1.807, 2.05) is 12.1 Å². The Balaban J connectivity index is 1.44. The molecule has 0 radical (unpaired) electrons. The number of nitriles is 1. The molecule has 0 saturated carbocycles. The monoisotopic (exact) mass is 415 g/mol. The van der Waals surface area contributed by atoms with Gasteiger partial charge in [-0.05, 0) is 57.2 Å². The predicted molar refractivity (Wildman–Crippen MR) is 121 cm³/mol. The highest BCUT2D eigenvalue weighted by Gasteiger charge is 2.16. The average Bonchev–Trinajstić information content (AvgIpc) is 2.81. The number of anilines is 4. The number of likely N-dealkylation sites (tertiary alicyclic amines) is 1. The normalized spacial score (nSPS) is 14.6. The fourth-order valence-corrected chi connectivity index (χ4v) is 3.51. The minimum absolute atomic E-state index is 0.450. The number of piperidine rings is 1. The summed E-state index contributed by atoms with van der Waals surface area (Å²) in [6, 6.07) is 10.1. The second-order valence-electron chi connectivity index (χ2n) is 7.53. The first-order chi connectivity index (χ1) is 15.1. The molecule has 0 atom stereocenters. The van der Waals surface area contributed by atoms with Gasteiger partial charge in [-0.1, -0.05) is 0 Å². The van der Waals surface area contributed by atoms with Crippen LogP contribution in [0.25, 0.3) is 11.3 Å². The van der Waals surface area contributed by atoms with Crippen molar-refractivity contribution in [1.29, 1.82) is 5.26 Å². The summed E-state index contributed by atoms with van der Waals surface area (Å²) in [6.45, 7) is 2.21. The third-order valence-electron chi connectivity index (χ3n) is 5.29. The Morgan fingerprint density at radius 3 is 2.65 bits per heavy atom. The molecular formula is C22H25N9. The van der Waals surface area contributed by atoms with Crippen molar-refractivity contribution < 1.29 is 0 Å². The topological polar surface area (TPSA) is 115 Å². The minimum atomic E-state index is 0.450. The van der Waals surface area contributed by atoms with Crippen LogP contribution in [0.5, 0.6) is 0 Å². The predicted octanol–water partition coefficient (Wildman–Crippen LogP) is 3.10. The van der Waals surface area contributed by atoms with Gasteiger partial charge in [0.15, 0.2) is 0 Å². The molecule has 9 heteroatoms. The third-order valence-corrected chi connectivity index (χ3v) is 5.29. The van der Waals surface area contributed by atoms with Gasteiger partial charge in [-0.2, -0.15) is 5.26 Å². The molecule has 1 fully saturated rings. The van der Waals surface area contributed by atoms with E-state index in [1.54, 1.807) is 37.8 Å². The lowest BCUT2D eigenvalue weighted by Crippen LogP contribution is -2.36. The van der Waals surface area contributed by atoms with Gasteiger partial charge in [-0.25, -0.2) is 19.9 Å². The van der Waals surface area contributed by atoms with E-state index in [-0.39, 0.29) is 0 Å². The van der Waals surface area contributed by atoms with Crippen LogP contribution in [0.1, 0.15) is 18.4 Å². The molecule has 3 aromatic rings. The standard InChI is InChI=1S/C22H25N9/c1-24-21-15(12-23)11-16(13-27-21)19-5-8-25-22(30-19)29-18-3-4-20(26-14-18)28-17-6-9-31(2)10-7-17/h3-5,8,11,13-14,17H,6-7,9-10H2,1-2H3,(H,24,27)(H,26,28)(H,25,29,30). The summed E-state index contributed by atoms with van der Waals surface area (Å²) in [5.41, 5.74) is 2.69. The van der Waals surface area contributed by atoms with Crippen molar-refractivity contribution >= 4 is 23.3 Å². The first-order valence-electron chi connectivity index (χ1n) is 10.2. The lowest BCUT2D eigenvalue weighted by Gasteiger charge is -2.29. The Labute approximate surface area is 181 Å². The molecule has 0 aromatic carbocycles. The number of rotatable bonds is 6. The van der Waals surface area contributed by atoms with Gasteiger partial charge in [-0.3, -0.25) is 0 Å². The Hall–Kier alpha value is -3.77. The van der Waals surface area contributed by atoms with E-state index in [0.29, 0.717) is 29.1 Å². The molecule has 0 amide bonds. The van der Waals surface area contributed by atoms with Crippen molar-refractivity contribution in [2.75, 3.05) is 43.1 Å². The summed E-state index contributed by atoms with van der Waals surface area (Å²) in [7, 11) is 3.89. The van der Waals surface area contributed by atoms with Gasteiger partial charge in [0.2, 0.25) is 5.95 Å². The molecule has 4 heterocycles. The van der Waals surface area contributed by atoms with Crippen LogP contribution in [0.3, 0.4) is 0 Å². The van der Waals surface area contributed by atoms with Gasteiger partial charge >= 0.3 is 0 Å².